The molecular weight excluding hydrogens is 235 g/mol. The summed E-state index contributed by atoms with van der Waals surface area (Å²) in [7, 11) is -4.44. The van der Waals surface area contributed by atoms with Gasteiger partial charge in [-0.2, -0.15) is 8.42 Å². The van der Waals surface area contributed by atoms with Crippen LogP contribution in [-0.2, 0) is 10.1 Å². The minimum absolute atomic E-state index is 0. The molecule has 7 nitrogen and oxygen atoms in total. The molecule has 1 aromatic rings. The number of anilines is 1. The van der Waals surface area contributed by atoms with E-state index in [0.717, 1.165) is 12.1 Å². The second-order valence-electron chi connectivity index (χ2n) is 2.45. The van der Waals surface area contributed by atoms with Crippen molar-refractivity contribution in [2.24, 2.45) is 0 Å². The molecule has 0 bridgehead atoms. The monoisotopic (exact) mass is 242 g/mol. The third-order valence-corrected chi connectivity index (χ3v) is 2.35. The summed E-state index contributed by atoms with van der Waals surface area (Å²) in [6, 6.07) is 2.73. The molecule has 1 aromatic carbocycles. The Morgan fingerprint density at radius 3 is 2.33 bits per heavy atom. The first-order chi connectivity index (χ1) is 6.32. The van der Waals surface area contributed by atoms with Crippen molar-refractivity contribution in [3.05, 3.63) is 28.3 Å². The van der Waals surface area contributed by atoms with E-state index < -0.39 is 25.6 Å². The van der Waals surface area contributed by atoms with Crippen LogP contribution in [0.2, 0.25) is 0 Å². The quantitative estimate of drug-likeness (QED) is 0.243. The van der Waals surface area contributed by atoms with Gasteiger partial charge in [0.2, 0.25) is 0 Å². The van der Waals surface area contributed by atoms with E-state index in [2.05, 4.69) is 0 Å². The molecule has 0 aliphatic heterocycles. The average molecular weight is 242 g/mol. The fraction of sp³-hybridized carbons (Fsp3) is 0. The van der Waals surface area contributed by atoms with Crippen LogP contribution in [0.3, 0.4) is 0 Å². The van der Waals surface area contributed by atoms with Crippen LogP contribution in [0.25, 0.3) is 0 Å². The predicted octanol–water partition coefficient (Wildman–Crippen LogP) is -0.225. The number of nitro benzene ring substituents is 1. The van der Waals surface area contributed by atoms with Crippen LogP contribution in [0.5, 0.6) is 0 Å². The number of hydrogen-bond donors (Lipinski definition) is 2. The average Bonchev–Trinajstić information content (AvgIpc) is 2.02. The van der Waals surface area contributed by atoms with Gasteiger partial charge in [-0.05, 0) is 12.1 Å². The molecule has 0 fully saturated rings. The van der Waals surface area contributed by atoms with Gasteiger partial charge in [0.15, 0.2) is 0 Å². The molecule has 15 heavy (non-hydrogen) atoms. The normalized spacial score (nSPS) is 10.5. The summed E-state index contributed by atoms with van der Waals surface area (Å²) in [4.78, 5) is 8.96. The topological polar surface area (TPSA) is 124 Å². The summed E-state index contributed by atoms with van der Waals surface area (Å²) >= 11 is 0. The van der Waals surface area contributed by atoms with Crippen molar-refractivity contribution in [1.82, 2.24) is 0 Å². The Hall–Kier alpha value is -0.670. The number of hydrogen-bond acceptors (Lipinski definition) is 5. The van der Waals surface area contributed by atoms with E-state index in [9.17, 15) is 18.5 Å². The van der Waals surface area contributed by atoms with Crippen molar-refractivity contribution in [2.45, 2.75) is 4.90 Å². The first-order valence-corrected chi connectivity index (χ1v) is 4.78. The Morgan fingerprint density at radius 2 is 1.93 bits per heavy atom. The Morgan fingerprint density at radius 1 is 1.40 bits per heavy atom. The molecule has 3 N–H and O–H groups in total. The Balaban J connectivity index is 0.00000196. The molecule has 0 radical (unpaired) electrons. The molecule has 78 valence electrons. The van der Waals surface area contributed by atoms with Gasteiger partial charge < -0.3 is 5.73 Å². The molecule has 0 heterocycles. The maximum absolute atomic E-state index is 10.6. The Kier molecular flexibility index (Phi) is 4.68. The molecule has 0 spiro atoms. The third kappa shape index (κ3) is 3.43. The second-order valence-corrected chi connectivity index (χ2v) is 3.87. The second kappa shape index (κ2) is 4.90. The van der Waals surface area contributed by atoms with Crippen LogP contribution in [0.4, 0.5) is 11.4 Å². The fourth-order valence-corrected chi connectivity index (χ4v) is 1.34. The first-order valence-electron chi connectivity index (χ1n) is 3.34. The van der Waals surface area contributed by atoms with Gasteiger partial charge >= 0.3 is 29.6 Å². The van der Waals surface area contributed by atoms with Crippen molar-refractivity contribution in [2.75, 3.05) is 5.73 Å². The summed E-state index contributed by atoms with van der Waals surface area (Å²) in [5.74, 6) is 0. The fourth-order valence-electron chi connectivity index (χ4n) is 0.842. The van der Waals surface area contributed by atoms with Crippen molar-refractivity contribution < 1.29 is 17.9 Å². The van der Waals surface area contributed by atoms with Crippen molar-refractivity contribution >= 4 is 51.1 Å². The summed E-state index contributed by atoms with van der Waals surface area (Å²) in [6.07, 6.45) is 0. The van der Waals surface area contributed by atoms with Crippen molar-refractivity contribution in [1.29, 1.82) is 0 Å². The van der Waals surface area contributed by atoms with Gasteiger partial charge in [-0.3, -0.25) is 14.7 Å². The zero-order chi connectivity index (χ0) is 10.9. The molecule has 0 aromatic heterocycles. The van der Waals surface area contributed by atoms with Crippen LogP contribution in [-0.4, -0.2) is 47.5 Å². The zero-order valence-corrected chi connectivity index (χ0v) is 7.56. The SMILES string of the molecule is Nc1ccc(S(=O)(=O)O)cc1[N+](=O)[O-].[NaH]. The first kappa shape index (κ1) is 14.3. The molecule has 0 unspecified atom stereocenters. The number of rotatable bonds is 2. The van der Waals surface area contributed by atoms with Crippen molar-refractivity contribution in [3.8, 4) is 0 Å². The zero-order valence-electron chi connectivity index (χ0n) is 6.75. The number of benzene rings is 1. The summed E-state index contributed by atoms with van der Waals surface area (Å²) < 4.78 is 29.8. The summed E-state index contributed by atoms with van der Waals surface area (Å²) in [5, 5.41) is 10.4. The summed E-state index contributed by atoms with van der Waals surface area (Å²) in [5.41, 5.74) is 4.50. The van der Waals surface area contributed by atoms with Crippen LogP contribution < -0.4 is 5.73 Å². The van der Waals surface area contributed by atoms with Gasteiger partial charge in [-0.25, -0.2) is 0 Å². The predicted molar refractivity (Wildman–Crippen MR) is 54.5 cm³/mol. The van der Waals surface area contributed by atoms with E-state index in [0.29, 0.717) is 6.07 Å². The van der Waals surface area contributed by atoms with Gasteiger partial charge in [0, 0.05) is 6.07 Å². The number of nitro groups is 1. The van der Waals surface area contributed by atoms with Crippen LogP contribution in [0.1, 0.15) is 0 Å². The van der Waals surface area contributed by atoms with E-state index in [4.69, 9.17) is 10.3 Å². The number of nitrogen functional groups attached to an aromatic ring is 1. The molecule has 0 aliphatic carbocycles. The molecular formula is C6H7N2NaO5S. The maximum atomic E-state index is 10.6. The van der Waals surface area contributed by atoms with E-state index in [1.807, 2.05) is 0 Å². The van der Waals surface area contributed by atoms with Gasteiger partial charge in [0.25, 0.3) is 15.8 Å². The van der Waals surface area contributed by atoms with Crippen LogP contribution >= 0.6 is 0 Å². The third-order valence-electron chi connectivity index (χ3n) is 1.50. The molecule has 0 amide bonds. The summed E-state index contributed by atoms with van der Waals surface area (Å²) in [6.45, 7) is 0. The van der Waals surface area contributed by atoms with E-state index in [-0.39, 0.29) is 35.2 Å². The van der Waals surface area contributed by atoms with Crippen molar-refractivity contribution in [3.63, 3.8) is 0 Å². The number of nitrogens with two attached hydrogens (primary N) is 1. The van der Waals surface area contributed by atoms with Crippen LogP contribution in [0, 0.1) is 10.1 Å². The molecule has 0 aliphatic rings. The minimum atomic E-state index is -4.44. The van der Waals surface area contributed by atoms with Crippen LogP contribution in [0.15, 0.2) is 23.1 Å². The van der Waals surface area contributed by atoms with E-state index in [1.165, 1.54) is 0 Å². The molecule has 0 saturated carbocycles. The molecule has 9 heteroatoms. The van der Waals surface area contributed by atoms with E-state index >= 15 is 0 Å². The molecule has 1 rings (SSSR count). The number of nitrogens with zero attached hydrogens (tertiary/aromatic N) is 1. The van der Waals surface area contributed by atoms with Gasteiger partial charge in [0.1, 0.15) is 10.6 Å². The standard InChI is InChI=1S/C6H6N2O5S.Na.H/c7-5-2-1-4(14(11,12)13)3-6(5)8(9)10;;/h1-3H,7H2,(H,11,12,13);;. The molecule has 0 saturated heterocycles. The van der Waals surface area contributed by atoms with Gasteiger partial charge in [0.05, 0.1) is 4.92 Å². The molecule has 0 atom stereocenters. The Bertz CT molecular complexity index is 486. The Labute approximate surface area is 107 Å². The van der Waals surface area contributed by atoms with Gasteiger partial charge in [-0.1, -0.05) is 0 Å². The van der Waals surface area contributed by atoms with Gasteiger partial charge in [-0.15, -0.1) is 0 Å². The van der Waals surface area contributed by atoms with E-state index in [1.54, 1.807) is 0 Å².